The number of ketones is 2. The maximum absolute atomic E-state index is 13.2. The molecule has 1 fully saturated rings. The lowest BCUT2D eigenvalue weighted by molar-refractivity contribution is -0.184. The van der Waals surface area contributed by atoms with Crippen LogP contribution in [-0.4, -0.2) is 27.8 Å². The molecular weight excluding hydrogens is 410 g/mol. The van der Waals surface area contributed by atoms with Gasteiger partial charge in [0, 0.05) is 0 Å². The molecule has 0 aliphatic carbocycles. The molecule has 1 saturated heterocycles. The predicted molar refractivity (Wildman–Crippen MR) is 122 cm³/mol. The first kappa shape index (κ1) is 21.7. The molecule has 162 valence electrons. The zero-order chi connectivity index (χ0) is 22.6. The number of carbonyl (C=O) groups is 2. The van der Waals surface area contributed by atoms with Gasteiger partial charge < -0.3 is 9.47 Å². The average molecular weight is 438 g/mol. The van der Waals surface area contributed by atoms with Crippen LogP contribution in [0, 0.1) is 6.92 Å². The van der Waals surface area contributed by atoms with Crippen molar-refractivity contribution in [1.82, 2.24) is 4.98 Å². The number of aromatic nitrogens is 1. The Balaban J connectivity index is 1.74. The van der Waals surface area contributed by atoms with Crippen LogP contribution in [0.5, 0.6) is 10.9 Å². The molecule has 4 rings (SSSR count). The largest absolute Gasteiger partial charge is 0.431 e. The molecule has 0 atom stereocenters. The van der Waals surface area contributed by atoms with Crippen LogP contribution in [0.2, 0.25) is 0 Å². The Morgan fingerprint density at radius 1 is 1.03 bits per heavy atom. The van der Waals surface area contributed by atoms with Crippen molar-refractivity contribution in [3.63, 3.8) is 0 Å². The summed E-state index contributed by atoms with van der Waals surface area (Å²) in [7, 11) is 0. The molecule has 31 heavy (non-hydrogen) atoms. The molecule has 0 N–H and O–H groups in total. The molecule has 1 aromatic heterocycles. The van der Waals surface area contributed by atoms with Gasteiger partial charge in [0.2, 0.25) is 0 Å². The number of rotatable bonds is 4. The highest BCUT2D eigenvalue weighted by molar-refractivity contribution is 7.20. The maximum atomic E-state index is 13.2. The molecule has 2 aromatic carbocycles. The lowest BCUT2D eigenvalue weighted by Gasteiger charge is -2.43. The fourth-order valence-corrected chi connectivity index (χ4v) is 5.15. The van der Waals surface area contributed by atoms with Gasteiger partial charge >= 0.3 is 0 Å². The third-order valence-electron chi connectivity index (χ3n) is 5.76. The number of nitrogens with zero attached hydrogens (tertiary/aromatic N) is 1. The van der Waals surface area contributed by atoms with Crippen molar-refractivity contribution < 1.29 is 19.1 Å². The van der Waals surface area contributed by atoms with Gasteiger partial charge in [0.05, 0.1) is 10.2 Å². The van der Waals surface area contributed by atoms with Crippen LogP contribution in [0.4, 0.5) is 0 Å². The molecule has 0 bridgehead atoms. The van der Waals surface area contributed by atoms with Crippen molar-refractivity contribution in [2.75, 3.05) is 0 Å². The Morgan fingerprint density at radius 2 is 1.71 bits per heavy atom. The normalized spacial score (nSPS) is 18.5. The zero-order valence-electron chi connectivity index (χ0n) is 18.7. The number of fused-ring (bicyclic) bond motifs is 1. The van der Waals surface area contributed by atoms with Crippen molar-refractivity contribution >= 4 is 33.1 Å². The van der Waals surface area contributed by atoms with Crippen molar-refractivity contribution in [3.05, 3.63) is 53.1 Å². The van der Waals surface area contributed by atoms with E-state index >= 15 is 0 Å². The van der Waals surface area contributed by atoms with Crippen LogP contribution in [-0.2, 0) is 20.7 Å². The Bertz CT molecular complexity index is 1170. The van der Waals surface area contributed by atoms with E-state index in [1.165, 1.54) is 16.9 Å². The predicted octanol–water partition coefficient (Wildman–Crippen LogP) is 5.77. The second-order valence-electron chi connectivity index (χ2n) is 9.05. The quantitative estimate of drug-likeness (QED) is 0.485. The number of Topliss-reactive ketones (excluding diaryl/α,β-unsaturated/α-hetero) is 2. The number of hydrogen-bond acceptors (Lipinski definition) is 6. The molecule has 0 saturated carbocycles. The van der Waals surface area contributed by atoms with E-state index in [9.17, 15) is 9.59 Å². The standard InChI is InChI=1S/C25H27NO4S/c1-7-15-9-10-16(29-23-26-18-11-8-14(2)12-19(18)31-23)13-17(15)20-21(27)24(3,4)30-25(5,6)22(20)28/h8-13,20H,7H2,1-6H3. The first-order valence-electron chi connectivity index (χ1n) is 10.5. The minimum absolute atomic E-state index is 0.223. The van der Waals surface area contributed by atoms with Gasteiger partial charge in [-0.3, -0.25) is 9.59 Å². The SMILES string of the molecule is CCc1ccc(Oc2nc3ccc(C)cc3s2)cc1C1C(=O)C(C)(C)OC(C)(C)C1=O. The first-order chi connectivity index (χ1) is 14.5. The summed E-state index contributed by atoms with van der Waals surface area (Å²) in [6, 6.07) is 11.7. The van der Waals surface area contributed by atoms with E-state index < -0.39 is 17.1 Å². The number of thiazole rings is 1. The van der Waals surface area contributed by atoms with Crippen LogP contribution in [0.15, 0.2) is 36.4 Å². The Kier molecular flexibility index (Phi) is 5.26. The van der Waals surface area contributed by atoms with Crippen LogP contribution < -0.4 is 4.74 Å². The van der Waals surface area contributed by atoms with Gasteiger partial charge in [-0.1, -0.05) is 30.4 Å². The van der Waals surface area contributed by atoms with E-state index in [1.54, 1.807) is 27.7 Å². The fraction of sp³-hybridized carbons (Fsp3) is 0.400. The first-order valence-corrected chi connectivity index (χ1v) is 11.3. The van der Waals surface area contributed by atoms with Gasteiger partial charge in [0.25, 0.3) is 5.19 Å². The van der Waals surface area contributed by atoms with Crippen LogP contribution in [0.25, 0.3) is 10.2 Å². The summed E-state index contributed by atoms with van der Waals surface area (Å²) in [4.78, 5) is 31.0. The molecule has 0 spiro atoms. The molecule has 1 aliphatic heterocycles. The van der Waals surface area contributed by atoms with E-state index in [2.05, 4.69) is 11.1 Å². The van der Waals surface area contributed by atoms with Gasteiger partial charge in [0.1, 0.15) is 22.9 Å². The van der Waals surface area contributed by atoms with E-state index in [0.717, 1.165) is 15.8 Å². The molecule has 3 aromatic rings. The Labute approximate surface area is 186 Å². The molecule has 0 amide bonds. The van der Waals surface area contributed by atoms with Crippen LogP contribution >= 0.6 is 11.3 Å². The molecule has 0 radical (unpaired) electrons. The third-order valence-corrected chi connectivity index (χ3v) is 6.66. The zero-order valence-corrected chi connectivity index (χ0v) is 19.6. The lowest BCUT2D eigenvalue weighted by atomic mass is 9.73. The summed E-state index contributed by atoms with van der Waals surface area (Å²) in [6.07, 6.45) is 0.703. The average Bonchev–Trinajstić information content (AvgIpc) is 3.07. The highest BCUT2D eigenvalue weighted by Gasteiger charge is 2.53. The summed E-state index contributed by atoms with van der Waals surface area (Å²) < 4.78 is 13.0. The van der Waals surface area contributed by atoms with Gasteiger partial charge in [-0.25, -0.2) is 4.98 Å². The molecule has 5 nitrogen and oxygen atoms in total. The van der Waals surface area contributed by atoms with Crippen molar-refractivity contribution in [3.8, 4) is 10.9 Å². The highest BCUT2D eigenvalue weighted by atomic mass is 32.1. The molecular formula is C25H27NO4S. The van der Waals surface area contributed by atoms with Gasteiger partial charge in [-0.05, 0) is 82.0 Å². The minimum atomic E-state index is -1.05. The van der Waals surface area contributed by atoms with Crippen molar-refractivity contribution in [1.29, 1.82) is 0 Å². The van der Waals surface area contributed by atoms with E-state index in [4.69, 9.17) is 9.47 Å². The number of ether oxygens (including phenoxy) is 2. The molecule has 2 heterocycles. The van der Waals surface area contributed by atoms with E-state index in [-0.39, 0.29) is 11.6 Å². The minimum Gasteiger partial charge on any atom is -0.431 e. The highest BCUT2D eigenvalue weighted by Crippen LogP contribution is 2.41. The molecule has 6 heteroatoms. The van der Waals surface area contributed by atoms with Crippen molar-refractivity contribution in [2.24, 2.45) is 0 Å². The van der Waals surface area contributed by atoms with E-state index in [1.807, 2.05) is 44.2 Å². The Hall–Kier alpha value is -2.57. The van der Waals surface area contributed by atoms with Gasteiger partial charge in [-0.15, -0.1) is 0 Å². The number of hydrogen-bond donors (Lipinski definition) is 0. The summed E-state index contributed by atoms with van der Waals surface area (Å²) in [5.41, 5.74) is 1.60. The Morgan fingerprint density at radius 3 is 2.35 bits per heavy atom. The monoisotopic (exact) mass is 437 g/mol. The topological polar surface area (TPSA) is 65.5 Å². The van der Waals surface area contributed by atoms with E-state index in [0.29, 0.717) is 22.9 Å². The maximum Gasteiger partial charge on any atom is 0.279 e. The van der Waals surface area contributed by atoms with Gasteiger partial charge in [0.15, 0.2) is 11.6 Å². The van der Waals surface area contributed by atoms with Crippen LogP contribution in [0.3, 0.4) is 0 Å². The second kappa shape index (κ2) is 7.53. The number of carbonyl (C=O) groups excluding carboxylic acids is 2. The summed E-state index contributed by atoms with van der Waals surface area (Å²) in [5.74, 6) is -0.765. The molecule has 1 aliphatic rings. The summed E-state index contributed by atoms with van der Waals surface area (Å²) in [5, 5.41) is 0.529. The smallest absolute Gasteiger partial charge is 0.279 e. The number of benzene rings is 2. The van der Waals surface area contributed by atoms with Gasteiger partial charge in [-0.2, -0.15) is 0 Å². The second-order valence-corrected chi connectivity index (χ2v) is 10.0. The fourth-order valence-electron chi connectivity index (χ4n) is 4.22. The summed E-state index contributed by atoms with van der Waals surface area (Å²) in [6.45, 7) is 11.0. The lowest BCUT2D eigenvalue weighted by Crippen LogP contribution is -2.58. The molecule has 0 unspecified atom stereocenters. The third kappa shape index (κ3) is 3.90. The summed E-state index contributed by atoms with van der Waals surface area (Å²) >= 11 is 1.47. The van der Waals surface area contributed by atoms with Crippen molar-refractivity contribution in [2.45, 2.75) is 65.1 Å². The van der Waals surface area contributed by atoms with Crippen LogP contribution in [0.1, 0.15) is 57.2 Å². The number of aryl methyl sites for hydroxylation is 2.